The van der Waals surface area contributed by atoms with Gasteiger partial charge in [0, 0.05) is 57.2 Å². The van der Waals surface area contributed by atoms with Gasteiger partial charge in [0.1, 0.15) is 5.82 Å². The van der Waals surface area contributed by atoms with Crippen LogP contribution >= 0.6 is 0 Å². The summed E-state index contributed by atoms with van der Waals surface area (Å²) in [4.78, 5) is 7.26. The van der Waals surface area contributed by atoms with E-state index in [1.165, 1.54) is 0 Å². The second-order valence-corrected chi connectivity index (χ2v) is 9.73. The molecule has 0 spiro atoms. The number of nitrogens with zero attached hydrogens (tertiary/aromatic N) is 4. The van der Waals surface area contributed by atoms with Crippen molar-refractivity contribution in [3.8, 4) is 11.4 Å². The molecule has 3 aromatic rings. The van der Waals surface area contributed by atoms with Crippen molar-refractivity contribution < 1.29 is 8.42 Å². The van der Waals surface area contributed by atoms with Crippen LogP contribution in [0.5, 0.6) is 0 Å². The molecule has 1 aliphatic heterocycles. The van der Waals surface area contributed by atoms with Crippen LogP contribution in [-0.2, 0) is 16.6 Å². The van der Waals surface area contributed by atoms with Gasteiger partial charge in [-0.15, -0.1) is 0 Å². The molecule has 0 atom stereocenters. The molecular formula is C23H28N4O2S. The number of hydrogen-bond acceptors (Lipinski definition) is 4. The van der Waals surface area contributed by atoms with Gasteiger partial charge in [0.25, 0.3) is 0 Å². The largest absolute Gasteiger partial charge is 0.330 e. The summed E-state index contributed by atoms with van der Waals surface area (Å²) in [6.45, 7) is 7.99. The maximum atomic E-state index is 13.1. The number of sulfonamides is 1. The van der Waals surface area contributed by atoms with Crippen LogP contribution in [0.15, 0.2) is 65.8 Å². The molecule has 1 aromatic heterocycles. The summed E-state index contributed by atoms with van der Waals surface area (Å²) >= 11 is 0. The van der Waals surface area contributed by atoms with Gasteiger partial charge >= 0.3 is 0 Å². The van der Waals surface area contributed by atoms with Crippen molar-refractivity contribution in [3.05, 3.63) is 72.1 Å². The van der Waals surface area contributed by atoms with Gasteiger partial charge in [0.2, 0.25) is 10.0 Å². The van der Waals surface area contributed by atoms with Crippen molar-refractivity contribution in [3.63, 3.8) is 0 Å². The summed E-state index contributed by atoms with van der Waals surface area (Å²) < 4.78 is 30.0. The molecule has 30 heavy (non-hydrogen) atoms. The third-order valence-corrected chi connectivity index (χ3v) is 7.74. The highest BCUT2D eigenvalue weighted by molar-refractivity contribution is 7.89. The van der Waals surface area contributed by atoms with Crippen molar-refractivity contribution >= 4 is 10.0 Å². The van der Waals surface area contributed by atoms with E-state index in [1.807, 2.05) is 56.6 Å². The third-order valence-electron chi connectivity index (χ3n) is 5.70. The first kappa shape index (κ1) is 20.8. The van der Waals surface area contributed by atoms with E-state index in [-0.39, 0.29) is 0 Å². The van der Waals surface area contributed by atoms with Crippen molar-refractivity contribution in [1.82, 2.24) is 18.8 Å². The topological polar surface area (TPSA) is 58.4 Å². The summed E-state index contributed by atoms with van der Waals surface area (Å²) in [6, 6.07) is 15.8. The third kappa shape index (κ3) is 4.33. The maximum Gasteiger partial charge on any atom is 0.243 e. The molecule has 158 valence electrons. The fourth-order valence-electron chi connectivity index (χ4n) is 3.90. The van der Waals surface area contributed by atoms with Crippen LogP contribution < -0.4 is 0 Å². The first-order chi connectivity index (χ1) is 14.4. The molecule has 0 amide bonds. The number of piperazine rings is 1. The maximum absolute atomic E-state index is 13.1. The summed E-state index contributed by atoms with van der Waals surface area (Å²) in [7, 11) is -3.45. The highest BCUT2D eigenvalue weighted by Gasteiger charge is 2.29. The van der Waals surface area contributed by atoms with Gasteiger partial charge in [-0.25, -0.2) is 13.4 Å². The van der Waals surface area contributed by atoms with E-state index < -0.39 is 10.0 Å². The summed E-state index contributed by atoms with van der Waals surface area (Å²) in [5, 5.41) is 0. The van der Waals surface area contributed by atoms with Crippen molar-refractivity contribution in [1.29, 1.82) is 0 Å². The minimum absolute atomic E-state index is 0.432. The molecular weight excluding hydrogens is 396 g/mol. The minimum Gasteiger partial charge on any atom is -0.330 e. The van der Waals surface area contributed by atoms with E-state index in [9.17, 15) is 8.42 Å². The Morgan fingerprint density at radius 3 is 2.40 bits per heavy atom. The molecule has 4 rings (SSSR count). The van der Waals surface area contributed by atoms with Gasteiger partial charge in [-0.05, 0) is 31.0 Å². The van der Waals surface area contributed by atoms with Crippen LogP contribution in [0, 0.1) is 13.8 Å². The lowest BCUT2D eigenvalue weighted by Crippen LogP contribution is -2.49. The standard InChI is InChI=1S/C23H28N4O2S/c1-19-8-9-20(2)22(18-19)30(28,29)27-16-13-25(14-17-27)12-15-26-11-10-24-23(26)21-6-4-3-5-7-21/h3-11,18H,12-17H2,1-2H3. The molecule has 2 aromatic carbocycles. The van der Waals surface area contributed by atoms with E-state index >= 15 is 0 Å². The normalized spacial score (nSPS) is 16.1. The number of aromatic nitrogens is 2. The molecule has 1 aliphatic rings. The number of rotatable bonds is 6. The van der Waals surface area contributed by atoms with E-state index in [0.29, 0.717) is 18.0 Å². The Kier molecular flexibility index (Phi) is 6.04. The van der Waals surface area contributed by atoms with Crippen LogP contribution in [-0.4, -0.2) is 59.9 Å². The summed E-state index contributed by atoms with van der Waals surface area (Å²) in [5.74, 6) is 0.965. The van der Waals surface area contributed by atoms with Crippen LogP contribution in [0.1, 0.15) is 11.1 Å². The SMILES string of the molecule is Cc1ccc(C)c(S(=O)(=O)N2CCN(CCn3ccnc3-c3ccccc3)CC2)c1. The summed E-state index contributed by atoms with van der Waals surface area (Å²) in [6.07, 6.45) is 3.83. The molecule has 1 saturated heterocycles. The monoisotopic (exact) mass is 424 g/mol. The molecule has 0 unspecified atom stereocenters. The molecule has 7 heteroatoms. The lowest BCUT2D eigenvalue weighted by Gasteiger charge is -2.34. The first-order valence-electron chi connectivity index (χ1n) is 10.3. The average molecular weight is 425 g/mol. The Hall–Kier alpha value is -2.48. The Labute approximate surface area is 178 Å². The molecule has 0 radical (unpaired) electrons. The zero-order valence-corrected chi connectivity index (χ0v) is 18.3. The van der Waals surface area contributed by atoms with Gasteiger partial charge in [0.15, 0.2) is 0 Å². The number of hydrogen-bond donors (Lipinski definition) is 0. The van der Waals surface area contributed by atoms with E-state index in [1.54, 1.807) is 10.4 Å². The second kappa shape index (κ2) is 8.71. The predicted octanol–water partition coefficient (Wildman–Crippen LogP) is 3.17. The zero-order chi connectivity index (χ0) is 21.1. The second-order valence-electron chi connectivity index (χ2n) is 7.82. The van der Waals surface area contributed by atoms with Gasteiger partial charge in [0.05, 0.1) is 4.90 Å². The molecule has 1 fully saturated rings. The van der Waals surface area contributed by atoms with E-state index in [0.717, 1.165) is 48.7 Å². The van der Waals surface area contributed by atoms with E-state index in [2.05, 4.69) is 26.6 Å². The molecule has 6 nitrogen and oxygen atoms in total. The number of imidazole rings is 1. The lowest BCUT2D eigenvalue weighted by molar-refractivity contribution is 0.183. The fraction of sp³-hybridized carbons (Fsp3) is 0.348. The number of benzene rings is 2. The first-order valence-corrected chi connectivity index (χ1v) is 11.8. The molecule has 0 saturated carbocycles. The quantitative estimate of drug-likeness (QED) is 0.610. The zero-order valence-electron chi connectivity index (χ0n) is 17.5. The Morgan fingerprint density at radius 2 is 1.67 bits per heavy atom. The summed E-state index contributed by atoms with van der Waals surface area (Å²) in [5.41, 5.74) is 2.87. The van der Waals surface area contributed by atoms with Gasteiger partial charge in [-0.1, -0.05) is 42.5 Å². The van der Waals surface area contributed by atoms with Crippen LogP contribution in [0.25, 0.3) is 11.4 Å². The van der Waals surface area contributed by atoms with Gasteiger partial charge < -0.3 is 4.57 Å². The molecule has 0 N–H and O–H groups in total. The lowest BCUT2D eigenvalue weighted by atomic mass is 10.2. The van der Waals surface area contributed by atoms with E-state index in [4.69, 9.17) is 0 Å². The number of aryl methyl sites for hydroxylation is 2. The predicted molar refractivity (Wildman–Crippen MR) is 119 cm³/mol. The van der Waals surface area contributed by atoms with Gasteiger partial charge in [-0.2, -0.15) is 4.31 Å². The molecule has 0 bridgehead atoms. The van der Waals surface area contributed by atoms with Gasteiger partial charge in [-0.3, -0.25) is 4.90 Å². The Morgan fingerprint density at radius 1 is 0.933 bits per heavy atom. The Balaban J connectivity index is 1.37. The molecule has 2 heterocycles. The highest BCUT2D eigenvalue weighted by atomic mass is 32.2. The van der Waals surface area contributed by atoms with Crippen LogP contribution in [0.3, 0.4) is 0 Å². The highest BCUT2D eigenvalue weighted by Crippen LogP contribution is 2.22. The van der Waals surface area contributed by atoms with Crippen LogP contribution in [0.2, 0.25) is 0 Å². The Bertz CT molecular complexity index is 1100. The van der Waals surface area contributed by atoms with Crippen molar-refractivity contribution in [2.75, 3.05) is 32.7 Å². The fourth-order valence-corrected chi connectivity index (χ4v) is 5.64. The minimum atomic E-state index is -3.45. The van der Waals surface area contributed by atoms with Crippen LogP contribution in [0.4, 0.5) is 0 Å². The average Bonchev–Trinajstić information content (AvgIpc) is 3.23. The smallest absolute Gasteiger partial charge is 0.243 e. The molecule has 0 aliphatic carbocycles. The van der Waals surface area contributed by atoms with Crippen molar-refractivity contribution in [2.24, 2.45) is 0 Å². The van der Waals surface area contributed by atoms with Crippen molar-refractivity contribution in [2.45, 2.75) is 25.3 Å².